The van der Waals surface area contributed by atoms with Crippen molar-refractivity contribution in [3.05, 3.63) is 41.0 Å². The molecule has 0 bridgehead atoms. The predicted octanol–water partition coefficient (Wildman–Crippen LogP) is 2.33. The fraction of sp³-hybridized carbons (Fsp3) is 0. The average Bonchev–Trinajstić information content (AvgIpc) is 2.29. The van der Waals surface area contributed by atoms with E-state index in [9.17, 15) is 0 Å². The first kappa shape index (κ1) is 11.2. The van der Waals surface area contributed by atoms with Crippen molar-refractivity contribution in [2.75, 3.05) is 11.1 Å². The van der Waals surface area contributed by atoms with Gasteiger partial charge in [-0.15, -0.1) is 0 Å². The van der Waals surface area contributed by atoms with Crippen LogP contribution < -0.4 is 11.1 Å². The third kappa shape index (κ3) is 2.62. The van der Waals surface area contributed by atoms with Gasteiger partial charge in [0, 0.05) is 11.9 Å². The number of hydrogen-bond acceptors (Lipinski definition) is 5. The highest BCUT2D eigenvalue weighted by Crippen LogP contribution is 2.22. The summed E-state index contributed by atoms with van der Waals surface area (Å²) in [6, 6.07) is 8.70. The molecular weight excluding hydrogens is 238 g/mol. The number of nitriles is 1. The van der Waals surface area contributed by atoms with E-state index in [0.29, 0.717) is 16.4 Å². The molecule has 3 N–H and O–H groups in total. The maximum absolute atomic E-state index is 8.74. The highest BCUT2D eigenvalue weighted by Gasteiger charge is 2.02. The largest absolute Gasteiger partial charge is 0.368 e. The lowest BCUT2D eigenvalue weighted by molar-refractivity contribution is 1.18. The van der Waals surface area contributed by atoms with Gasteiger partial charge >= 0.3 is 0 Å². The minimum absolute atomic E-state index is 0.190. The molecule has 6 heteroatoms. The van der Waals surface area contributed by atoms with E-state index < -0.39 is 0 Å². The molecule has 0 fully saturated rings. The SMILES string of the molecule is N#Cc1ccc(Nc2ccnc(N)n2)cc1Cl. The van der Waals surface area contributed by atoms with Crippen molar-refractivity contribution in [3.63, 3.8) is 0 Å². The number of hydrogen-bond donors (Lipinski definition) is 2. The zero-order valence-electron chi connectivity index (χ0n) is 8.68. The first-order chi connectivity index (χ1) is 8.19. The molecule has 2 rings (SSSR count). The quantitative estimate of drug-likeness (QED) is 0.848. The molecule has 5 nitrogen and oxygen atoms in total. The molecule has 0 amide bonds. The minimum Gasteiger partial charge on any atom is -0.368 e. The van der Waals surface area contributed by atoms with Gasteiger partial charge in [0.25, 0.3) is 0 Å². The normalized spacial score (nSPS) is 9.65. The van der Waals surface area contributed by atoms with Gasteiger partial charge in [0.1, 0.15) is 11.9 Å². The van der Waals surface area contributed by atoms with Gasteiger partial charge < -0.3 is 11.1 Å². The second kappa shape index (κ2) is 4.68. The van der Waals surface area contributed by atoms with Crippen LogP contribution in [0.2, 0.25) is 5.02 Å². The summed E-state index contributed by atoms with van der Waals surface area (Å²) in [5.74, 6) is 0.757. The first-order valence-corrected chi connectivity index (χ1v) is 5.12. The van der Waals surface area contributed by atoms with E-state index in [1.165, 1.54) is 0 Å². The van der Waals surface area contributed by atoms with Crippen LogP contribution in [0.1, 0.15) is 5.56 Å². The summed E-state index contributed by atoms with van der Waals surface area (Å²) in [6.45, 7) is 0. The monoisotopic (exact) mass is 245 g/mol. The lowest BCUT2D eigenvalue weighted by atomic mass is 10.2. The molecule has 2 aromatic rings. The van der Waals surface area contributed by atoms with Crippen LogP contribution in [0.15, 0.2) is 30.5 Å². The van der Waals surface area contributed by atoms with Gasteiger partial charge in [-0.1, -0.05) is 11.6 Å². The topological polar surface area (TPSA) is 87.6 Å². The van der Waals surface area contributed by atoms with Crippen LogP contribution in [0.5, 0.6) is 0 Å². The van der Waals surface area contributed by atoms with E-state index in [1.54, 1.807) is 30.5 Å². The van der Waals surface area contributed by atoms with Crippen molar-refractivity contribution in [1.29, 1.82) is 5.26 Å². The average molecular weight is 246 g/mol. The molecule has 1 aromatic carbocycles. The molecule has 0 saturated carbocycles. The Hall–Kier alpha value is -2.32. The maximum atomic E-state index is 8.74. The fourth-order valence-corrected chi connectivity index (χ4v) is 1.50. The standard InChI is InChI=1S/C11H8ClN5/c12-9-5-8(2-1-7(9)6-13)16-10-3-4-15-11(14)17-10/h1-5H,(H3,14,15,16,17). The van der Waals surface area contributed by atoms with E-state index in [2.05, 4.69) is 15.3 Å². The van der Waals surface area contributed by atoms with Crippen LogP contribution in [0.25, 0.3) is 0 Å². The molecule has 0 saturated heterocycles. The van der Waals surface area contributed by atoms with Gasteiger partial charge in [0.15, 0.2) is 0 Å². The summed E-state index contributed by atoms with van der Waals surface area (Å²) in [5, 5.41) is 12.1. The molecule has 1 heterocycles. The van der Waals surface area contributed by atoms with Gasteiger partial charge in [0.2, 0.25) is 5.95 Å². The van der Waals surface area contributed by atoms with Crippen molar-refractivity contribution < 1.29 is 0 Å². The van der Waals surface area contributed by atoms with Crippen molar-refractivity contribution in [2.24, 2.45) is 0 Å². The van der Waals surface area contributed by atoms with Crippen molar-refractivity contribution in [1.82, 2.24) is 9.97 Å². The summed E-state index contributed by atoms with van der Waals surface area (Å²) in [6.07, 6.45) is 1.55. The molecule has 0 aliphatic heterocycles. The van der Waals surface area contributed by atoms with Gasteiger partial charge in [0.05, 0.1) is 10.6 Å². The molecule has 1 aromatic heterocycles. The van der Waals surface area contributed by atoms with Gasteiger partial charge in [-0.05, 0) is 24.3 Å². The highest BCUT2D eigenvalue weighted by molar-refractivity contribution is 6.32. The Balaban J connectivity index is 2.25. The van der Waals surface area contributed by atoms with Crippen LogP contribution in [0, 0.1) is 11.3 Å². The maximum Gasteiger partial charge on any atom is 0.221 e. The molecule has 0 spiro atoms. The number of anilines is 3. The molecule has 0 radical (unpaired) electrons. The second-order valence-electron chi connectivity index (χ2n) is 3.23. The van der Waals surface area contributed by atoms with Crippen molar-refractivity contribution in [2.45, 2.75) is 0 Å². The highest BCUT2D eigenvalue weighted by atomic mass is 35.5. The molecule has 0 aliphatic carbocycles. The molecule has 0 aliphatic rings. The number of rotatable bonds is 2. The Morgan fingerprint density at radius 3 is 2.82 bits per heavy atom. The Labute approximate surface area is 103 Å². The predicted molar refractivity (Wildman–Crippen MR) is 65.9 cm³/mol. The van der Waals surface area contributed by atoms with Crippen LogP contribution >= 0.6 is 11.6 Å². The molecule has 17 heavy (non-hydrogen) atoms. The second-order valence-corrected chi connectivity index (χ2v) is 3.64. The smallest absolute Gasteiger partial charge is 0.221 e. The van der Waals surface area contributed by atoms with Crippen LogP contribution in [0.3, 0.4) is 0 Å². The third-order valence-electron chi connectivity index (χ3n) is 2.04. The fourth-order valence-electron chi connectivity index (χ4n) is 1.27. The molecule has 84 valence electrons. The summed E-state index contributed by atoms with van der Waals surface area (Å²) in [5.41, 5.74) is 6.62. The van der Waals surface area contributed by atoms with Crippen LogP contribution in [-0.4, -0.2) is 9.97 Å². The van der Waals surface area contributed by atoms with Gasteiger partial charge in [-0.3, -0.25) is 0 Å². The van der Waals surface area contributed by atoms with Crippen LogP contribution in [-0.2, 0) is 0 Å². The number of nitrogens with two attached hydrogens (primary N) is 1. The lowest BCUT2D eigenvalue weighted by Crippen LogP contribution is -1.99. The van der Waals surface area contributed by atoms with Crippen molar-refractivity contribution in [3.8, 4) is 6.07 Å². The Bertz CT molecular complexity index is 591. The Morgan fingerprint density at radius 1 is 1.35 bits per heavy atom. The number of benzene rings is 1. The zero-order valence-corrected chi connectivity index (χ0v) is 9.44. The Kier molecular flexibility index (Phi) is 3.08. The van der Waals surface area contributed by atoms with Crippen LogP contribution in [0.4, 0.5) is 17.5 Å². The number of nitrogens with zero attached hydrogens (tertiary/aromatic N) is 3. The lowest BCUT2D eigenvalue weighted by Gasteiger charge is -2.06. The number of aromatic nitrogens is 2. The summed E-state index contributed by atoms with van der Waals surface area (Å²) in [7, 11) is 0. The van der Waals surface area contributed by atoms with E-state index in [-0.39, 0.29) is 5.95 Å². The number of nitrogen functional groups attached to an aromatic ring is 1. The van der Waals surface area contributed by atoms with E-state index in [1.807, 2.05) is 6.07 Å². The van der Waals surface area contributed by atoms with E-state index >= 15 is 0 Å². The molecule has 0 atom stereocenters. The Morgan fingerprint density at radius 2 is 2.18 bits per heavy atom. The van der Waals surface area contributed by atoms with Gasteiger partial charge in [-0.2, -0.15) is 10.2 Å². The summed E-state index contributed by atoms with van der Waals surface area (Å²) in [4.78, 5) is 7.77. The summed E-state index contributed by atoms with van der Waals surface area (Å²) >= 11 is 5.91. The zero-order chi connectivity index (χ0) is 12.3. The first-order valence-electron chi connectivity index (χ1n) is 4.74. The van der Waals surface area contributed by atoms with E-state index in [4.69, 9.17) is 22.6 Å². The number of halogens is 1. The molecular formula is C11H8ClN5. The summed E-state index contributed by atoms with van der Waals surface area (Å²) < 4.78 is 0. The minimum atomic E-state index is 0.190. The number of nitrogens with one attached hydrogen (secondary N) is 1. The van der Waals surface area contributed by atoms with Gasteiger partial charge in [-0.25, -0.2) is 4.98 Å². The van der Waals surface area contributed by atoms with Crippen molar-refractivity contribution >= 4 is 29.1 Å². The van der Waals surface area contributed by atoms with E-state index in [0.717, 1.165) is 5.69 Å². The molecule has 0 unspecified atom stereocenters. The third-order valence-corrected chi connectivity index (χ3v) is 2.35.